The minimum absolute atomic E-state index is 0.00657. The molecule has 4 aliphatic heterocycles. The fraction of sp³-hybridized carbons (Fsp3) is 0.465. The number of halogens is 3. The van der Waals surface area contributed by atoms with Gasteiger partial charge in [-0.2, -0.15) is 15.1 Å². The Labute approximate surface area is 360 Å². The lowest BCUT2D eigenvalue weighted by Crippen LogP contribution is -2.70. The molecule has 8 heterocycles. The van der Waals surface area contributed by atoms with Gasteiger partial charge in [0.05, 0.1) is 67.3 Å². The molecule has 1 amide bonds. The average molecular weight is 868 g/mol. The molecule has 0 saturated carbocycles. The number of nitrogens with zero attached hydrogens (tertiary/aromatic N) is 12. The maximum absolute atomic E-state index is 15.5. The van der Waals surface area contributed by atoms with Crippen molar-refractivity contribution in [1.29, 1.82) is 0 Å². The van der Waals surface area contributed by atoms with Gasteiger partial charge in [-0.15, -0.1) is 0 Å². The summed E-state index contributed by atoms with van der Waals surface area (Å²) in [5.74, 6) is -0.427. The number of imidazole rings is 1. The van der Waals surface area contributed by atoms with Crippen LogP contribution < -0.4 is 15.1 Å². The van der Waals surface area contributed by atoms with E-state index in [0.717, 1.165) is 19.2 Å². The molecule has 3 fully saturated rings. The van der Waals surface area contributed by atoms with Crippen LogP contribution in [0.5, 0.6) is 0 Å². The first-order chi connectivity index (χ1) is 30.5. The number of carbonyl (C=O) groups is 1. The number of amides is 1. The number of ether oxygens (including phenoxy) is 3. The van der Waals surface area contributed by atoms with E-state index in [4.69, 9.17) is 34.1 Å². The molecular weight excluding hydrogens is 820 g/mol. The number of benzene rings is 2. The number of morpholine rings is 1. The van der Waals surface area contributed by atoms with E-state index in [0.29, 0.717) is 104 Å². The molecule has 1 spiro atoms. The normalized spacial score (nSPS) is 21.5. The molecule has 2 aromatic carbocycles. The van der Waals surface area contributed by atoms with Gasteiger partial charge >= 0.3 is 0 Å². The van der Waals surface area contributed by atoms with Crippen LogP contribution in [0.3, 0.4) is 0 Å². The number of anilines is 3. The summed E-state index contributed by atoms with van der Waals surface area (Å²) in [5.41, 5.74) is 2.09. The van der Waals surface area contributed by atoms with Crippen LogP contribution in [0.4, 0.5) is 30.9 Å². The lowest BCUT2D eigenvalue weighted by atomic mass is 9.92. The Bertz CT molecular complexity index is 2710. The lowest BCUT2D eigenvalue weighted by Gasteiger charge is -2.53. The zero-order valence-corrected chi connectivity index (χ0v) is 35.5. The summed E-state index contributed by atoms with van der Waals surface area (Å²) < 4.78 is 66.2. The molecule has 6 aromatic rings. The predicted octanol–water partition coefficient (Wildman–Crippen LogP) is 3.82. The van der Waals surface area contributed by atoms with Gasteiger partial charge in [0.25, 0.3) is 0 Å². The van der Waals surface area contributed by atoms with Gasteiger partial charge in [0, 0.05) is 83.4 Å². The van der Waals surface area contributed by atoms with Crippen molar-refractivity contribution in [2.75, 3.05) is 94.9 Å². The summed E-state index contributed by atoms with van der Waals surface area (Å²) in [6.07, 6.45) is 3.05. The van der Waals surface area contributed by atoms with Gasteiger partial charge in [0.1, 0.15) is 40.6 Å². The second kappa shape index (κ2) is 16.3. The Balaban J connectivity index is 1.06. The smallest absolute Gasteiger partial charge is 0.245 e. The minimum atomic E-state index is -0.812. The topological polar surface area (TPSA) is 157 Å². The molecule has 4 aromatic heterocycles. The molecule has 0 radical (unpaired) electrons. The first kappa shape index (κ1) is 41.1. The number of aryl methyl sites for hydroxylation is 1. The first-order valence-electron chi connectivity index (χ1n) is 21.2. The molecule has 3 atom stereocenters. The lowest BCUT2D eigenvalue weighted by molar-refractivity contribution is -0.133. The number of methoxy groups -OCH3 is 1. The Hall–Kier alpha value is -5.96. The van der Waals surface area contributed by atoms with Crippen LogP contribution in [-0.2, 0) is 25.5 Å². The standard InChI is InChI=1S/C43H48F3N13O4/c1-5-62-29-20-54(3)40(60)36-17-28(50-41-47-9-8-33(51-41)30-14-27(45)16-34-37(30)57(21-29)25(2)49-34)19-58(36)38-31-18-48-59(35-7-6-26(44)15-32(35)46)39(31)53-42(52-38)56-23-43(24-56)22-55(10-12-61-4)11-13-63-43/h6-9,14-16,18,28-29,36H,5,10-13,17,19-24H2,1-4H3,(H,47,50,51)/t28-,29-,36-/m0/s1. The van der Waals surface area contributed by atoms with E-state index >= 15 is 8.78 Å². The molecule has 330 valence electrons. The summed E-state index contributed by atoms with van der Waals surface area (Å²) in [7, 11) is 3.44. The molecular formula is C43H48F3N13O4. The largest absolute Gasteiger partial charge is 0.383 e. The third kappa shape index (κ3) is 7.57. The molecule has 4 bridgehead atoms. The van der Waals surface area contributed by atoms with Gasteiger partial charge in [-0.25, -0.2) is 32.8 Å². The molecule has 0 aliphatic carbocycles. The molecule has 4 aliphatic rings. The predicted molar refractivity (Wildman–Crippen MR) is 227 cm³/mol. The number of carbonyl (C=O) groups excluding carboxylic acids is 1. The number of fused-ring (bicyclic) bond motifs is 6. The average Bonchev–Trinajstić information content (AvgIpc) is 3.96. The van der Waals surface area contributed by atoms with Crippen LogP contribution in [0.15, 0.2) is 48.8 Å². The van der Waals surface area contributed by atoms with Crippen molar-refractivity contribution < 1.29 is 32.2 Å². The Kier molecular flexibility index (Phi) is 10.6. The minimum Gasteiger partial charge on any atom is -0.383 e. The fourth-order valence-corrected chi connectivity index (χ4v) is 9.58. The molecule has 0 unspecified atom stereocenters. The second-order valence-electron chi connectivity index (χ2n) is 16.8. The van der Waals surface area contributed by atoms with Gasteiger partial charge in [-0.05, 0) is 44.5 Å². The van der Waals surface area contributed by atoms with E-state index in [1.165, 1.54) is 28.9 Å². The van der Waals surface area contributed by atoms with E-state index < -0.39 is 35.2 Å². The van der Waals surface area contributed by atoms with Crippen LogP contribution in [0.2, 0.25) is 0 Å². The molecule has 17 nitrogen and oxygen atoms in total. The second-order valence-corrected chi connectivity index (χ2v) is 16.8. The van der Waals surface area contributed by atoms with E-state index in [-0.39, 0.29) is 36.4 Å². The van der Waals surface area contributed by atoms with Gasteiger partial charge in [0.15, 0.2) is 11.5 Å². The summed E-state index contributed by atoms with van der Waals surface area (Å²) in [6, 6.07) is 6.79. The summed E-state index contributed by atoms with van der Waals surface area (Å²) in [4.78, 5) is 47.2. The SMILES string of the molecule is CCO[C@H]1CN(C)C(=O)[C@@H]2C[C@@H](CN2c2nc(N3CC4(CN(CCOC)CCO4)C3)nc3c2cnn3-c2ccc(F)cc2F)Nc2nccc(n2)-c2cc(F)cc3nc(C)n(c23)C1. The van der Waals surface area contributed by atoms with Crippen molar-refractivity contribution in [1.82, 2.24) is 49.1 Å². The Morgan fingerprint density at radius 2 is 1.86 bits per heavy atom. The highest BCUT2D eigenvalue weighted by molar-refractivity contribution is 5.94. The number of nitrogens with one attached hydrogen (secondary N) is 1. The summed E-state index contributed by atoms with van der Waals surface area (Å²) >= 11 is 0. The van der Waals surface area contributed by atoms with E-state index in [1.54, 1.807) is 37.5 Å². The van der Waals surface area contributed by atoms with E-state index in [1.807, 2.05) is 28.2 Å². The maximum Gasteiger partial charge on any atom is 0.245 e. The van der Waals surface area contributed by atoms with E-state index in [2.05, 4.69) is 20.3 Å². The number of likely N-dealkylation sites (N-methyl/N-ethyl adjacent to an activating group) is 1. The van der Waals surface area contributed by atoms with Crippen LogP contribution >= 0.6 is 0 Å². The van der Waals surface area contributed by atoms with Crippen molar-refractivity contribution in [2.45, 2.75) is 50.6 Å². The van der Waals surface area contributed by atoms with Gasteiger partial charge in [-0.3, -0.25) is 9.69 Å². The number of aromatic nitrogens is 8. The fourth-order valence-electron chi connectivity index (χ4n) is 9.58. The van der Waals surface area contributed by atoms with Crippen molar-refractivity contribution >= 4 is 45.7 Å². The summed E-state index contributed by atoms with van der Waals surface area (Å²) in [6.45, 7) is 9.49. The number of hydrogen-bond acceptors (Lipinski definition) is 14. The highest BCUT2D eigenvalue weighted by Gasteiger charge is 2.49. The van der Waals surface area contributed by atoms with Gasteiger partial charge in [-0.1, -0.05) is 0 Å². The van der Waals surface area contributed by atoms with Crippen LogP contribution in [-0.4, -0.2) is 159 Å². The van der Waals surface area contributed by atoms with Crippen LogP contribution in [0.1, 0.15) is 19.2 Å². The van der Waals surface area contributed by atoms with Crippen LogP contribution in [0, 0.1) is 24.4 Å². The van der Waals surface area contributed by atoms with E-state index in [9.17, 15) is 9.18 Å². The van der Waals surface area contributed by atoms with Crippen molar-refractivity contribution in [2.24, 2.45) is 0 Å². The van der Waals surface area contributed by atoms with Gasteiger partial charge < -0.3 is 38.8 Å². The highest BCUT2D eigenvalue weighted by atomic mass is 19.1. The Morgan fingerprint density at radius 1 is 1.00 bits per heavy atom. The third-order valence-electron chi connectivity index (χ3n) is 12.5. The zero-order valence-electron chi connectivity index (χ0n) is 35.5. The number of rotatable bonds is 8. The summed E-state index contributed by atoms with van der Waals surface area (Å²) in [5, 5.41) is 8.50. The molecule has 10 rings (SSSR count). The van der Waals surface area contributed by atoms with Crippen LogP contribution in [0.25, 0.3) is 39.0 Å². The third-order valence-corrected chi connectivity index (χ3v) is 12.5. The quantitative estimate of drug-likeness (QED) is 0.236. The molecule has 20 heteroatoms. The van der Waals surface area contributed by atoms with Crippen molar-refractivity contribution in [3.05, 3.63) is 72.1 Å². The Morgan fingerprint density at radius 3 is 2.67 bits per heavy atom. The first-order valence-corrected chi connectivity index (χ1v) is 21.2. The van der Waals surface area contributed by atoms with Crippen molar-refractivity contribution in [3.8, 4) is 16.9 Å². The molecule has 63 heavy (non-hydrogen) atoms. The van der Waals surface area contributed by atoms with Gasteiger partial charge in [0.2, 0.25) is 17.8 Å². The molecule has 1 N–H and O–H groups in total. The van der Waals surface area contributed by atoms with Crippen molar-refractivity contribution in [3.63, 3.8) is 0 Å². The molecule has 3 saturated heterocycles. The highest BCUT2D eigenvalue weighted by Crippen LogP contribution is 2.38. The number of hydrogen-bond donors (Lipinski definition) is 1. The monoisotopic (exact) mass is 867 g/mol. The maximum atomic E-state index is 15.5. The zero-order chi connectivity index (χ0) is 43.6.